The number of hydrogen-bond donors (Lipinski definition) is 0. The molecule has 0 radical (unpaired) electrons. The highest BCUT2D eigenvalue weighted by Gasteiger charge is 2.28. The zero-order valence-electron chi connectivity index (χ0n) is 16.5. The van der Waals surface area contributed by atoms with Gasteiger partial charge in [-0.2, -0.15) is 5.10 Å². The first-order chi connectivity index (χ1) is 13.6. The lowest BCUT2D eigenvalue weighted by molar-refractivity contribution is -0.133. The fraction of sp³-hybridized carbons (Fsp3) is 0.409. The Morgan fingerprint density at radius 2 is 2.07 bits per heavy atom. The van der Waals surface area contributed by atoms with Crippen molar-refractivity contribution in [2.75, 3.05) is 13.1 Å². The molecule has 6 nitrogen and oxygen atoms in total. The lowest BCUT2D eigenvalue weighted by Gasteiger charge is -2.31. The van der Waals surface area contributed by atoms with E-state index in [1.54, 1.807) is 4.68 Å². The lowest BCUT2D eigenvalue weighted by atomic mass is 9.98. The zero-order valence-corrected chi connectivity index (χ0v) is 16.5. The molecule has 3 aromatic rings. The van der Waals surface area contributed by atoms with Gasteiger partial charge in [-0.1, -0.05) is 30.3 Å². The molecule has 1 fully saturated rings. The van der Waals surface area contributed by atoms with Gasteiger partial charge in [-0.3, -0.25) is 9.48 Å². The Morgan fingerprint density at radius 3 is 2.82 bits per heavy atom. The van der Waals surface area contributed by atoms with Crippen molar-refractivity contribution in [1.82, 2.24) is 19.7 Å². The van der Waals surface area contributed by atoms with Gasteiger partial charge in [0.15, 0.2) is 5.89 Å². The SMILES string of the molecule is Cc1cc(C)n(CC(=O)N2CCCC(c3ncc(Cc4ccccc4)o3)C2)n1. The second kappa shape index (κ2) is 8.00. The number of piperidine rings is 1. The monoisotopic (exact) mass is 378 g/mol. The third kappa shape index (κ3) is 4.16. The van der Waals surface area contributed by atoms with E-state index in [0.717, 1.165) is 48.8 Å². The van der Waals surface area contributed by atoms with Gasteiger partial charge < -0.3 is 9.32 Å². The maximum absolute atomic E-state index is 12.8. The summed E-state index contributed by atoms with van der Waals surface area (Å²) in [6, 6.07) is 12.2. The maximum Gasteiger partial charge on any atom is 0.244 e. The van der Waals surface area contributed by atoms with E-state index in [1.807, 2.05) is 49.2 Å². The molecule has 0 aliphatic carbocycles. The molecule has 0 spiro atoms. The number of amides is 1. The van der Waals surface area contributed by atoms with Gasteiger partial charge in [-0.15, -0.1) is 0 Å². The van der Waals surface area contributed by atoms with Crippen molar-refractivity contribution in [3.63, 3.8) is 0 Å². The molecule has 0 saturated carbocycles. The summed E-state index contributed by atoms with van der Waals surface area (Å²) in [6.45, 7) is 5.65. The summed E-state index contributed by atoms with van der Waals surface area (Å²) in [5.41, 5.74) is 3.15. The van der Waals surface area contributed by atoms with Crippen molar-refractivity contribution in [1.29, 1.82) is 0 Å². The van der Waals surface area contributed by atoms with Crippen molar-refractivity contribution in [2.24, 2.45) is 0 Å². The molecule has 1 aliphatic rings. The Hall–Kier alpha value is -2.89. The second-order valence-electron chi connectivity index (χ2n) is 7.59. The van der Waals surface area contributed by atoms with Crippen LogP contribution in [0.5, 0.6) is 0 Å². The van der Waals surface area contributed by atoms with Crippen LogP contribution in [0.2, 0.25) is 0 Å². The molecule has 2 aromatic heterocycles. The van der Waals surface area contributed by atoms with Gasteiger partial charge in [0, 0.05) is 25.2 Å². The first kappa shape index (κ1) is 18.5. The number of nitrogens with zero attached hydrogens (tertiary/aromatic N) is 4. The van der Waals surface area contributed by atoms with Crippen molar-refractivity contribution in [3.8, 4) is 0 Å². The van der Waals surface area contributed by atoms with Crippen LogP contribution in [0.1, 0.15) is 47.4 Å². The molecule has 4 rings (SSSR count). The number of likely N-dealkylation sites (tertiary alicyclic amines) is 1. The molecule has 1 unspecified atom stereocenters. The summed E-state index contributed by atoms with van der Waals surface area (Å²) in [5.74, 6) is 1.87. The summed E-state index contributed by atoms with van der Waals surface area (Å²) in [4.78, 5) is 19.2. The molecule has 1 saturated heterocycles. The lowest BCUT2D eigenvalue weighted by Crippen LogP contribution is -2.41. The molecular weight excluding hydrogens is 352 g/mol. The molecule has 1 aliphatic heterocycles. The third-order valence-corrected chi connectivity index (χ3v) is 5.30. The van der Waals surface area contributed by atoms with E-state index in [0.29, 0.717) is 6.54 Å². The van der Waals surface area contributed by atoms with E-state index in [4.69, 9.17) is 4.42 Å². The van der Waals surface area contributed by atoms with Gasteiger partial charge >= 0.3 is 0 Å². The third-order valence-electron chi connectivity index (χ3n) is 5.30. The number of carbonyl (C=O) groups is 1. The van der Waals surface area contributed by atoms with E-state index in [2.05, 4.69) is 22.2 Å². The Bertz CT molecular complexity index is 945. The Morgan fingerprint density at radius 1 is 1.25 bits per heavy atom. The standard InChI is InChI=1S/C22H26N4O2/c1-16-11-17(2)26(24-16)15-21(27)25-10-6-9-19(14-25)22-23-13-20(28-22)12-18-7-4-3-5-8-18/h3-5,7-8,11,13,19H,6,9-10,12,14-15H2,1-2H3. The quantitative estimate of drug-likeness (QED) is 0.682. The fourth-order valence-electron chi connectivity index (χ4n) is 3.86. The van der Waals surface area contributed by atoms with Gasteiger partial charge in [0.2, 0.25) is 5.91 Å². The number of hydrogen-bond acceptors (Lipinski definition) is 4. The van der Waals surface area contributed by atoms with E-state index < -0.39 is 0 Å². The highest BCUT2D eigenvalue weighted by molar-refractivity contribution is 5.76. The van der Waals surface area contributed by atoms with Crippen LogP contribution in [0.15, 0.2) is 47.0 Å². The number of oxazole rings is 1. The number of aryl methyl sites for hydroxylation is 2. The predicted octanol–water partition coefficient (Wildman–Crippen LogP) is 3.48. The predicted molar refractivity (Wildman–Crippen MR) is 106 cm³/mol. The van der Waals surface area contributed by atoms with Crippen LogP contribution in [-0.2, 0) is 17.8 Å². The highest BCUT2D eigenvalue weighted by Crippen LogP contribution is 2.27. The molecule has 0 N–H and O–H groups in total. The molecule has 1 amide bonds. The van der Waals surface area contributed by atoms with Crippen LogP contribution < -0.4 is 0 Å². The summed E-state index contributed by atoms with van der Waals surface area (Å²) < 4.78 is 7.81. The van der Waals surface area contributed by atoms with Crippen LogP contribution in [0, 0.1) is 13.8 Å². The zero-order chi connectivity index (χ0) is 19.5. The minimum atomic E-state index is 0.104. The van der Waals surface area contributed by atoms with Gasteiger partial charge in [0.1, 0.15) is 12.3 Å². The van der Waals surface area contributed by atoms with Crippen molar-refractivity contribution in [3.05, 3.63) is 71.2 Å². The van der Waals surface area contributed by atoms with Crippen LogP contribution in [0.25, 0.3) is 0 Å². The normalized spacial score (nSPS) is 17.1. The van der Waals surface area contributed by atoms with E-state index in [9.17, 15) is 4.79 Å². The largest absolute Gasteiger partial charge is 0.445 e. The van der Waals surface area contributed by atoms with Gasteiger partial charge in [-0.05, 0) is 38.3 Å². The average molecular weight is 378 g/mol. The summed E-state index contributed by atoms with van der Waals surface area (Å²) >= 11 is 0. The summed E-state index contributed by atoms with van der Waals surface area (Å²) in [6.07, 6.45) is 4.51. The minimum Gasteiger partial charge on any atom is -0.445 e. The van der Waals surface area contributed by atoms with Crippen molar-refractivity contribution in [2.45, 2.75) is 45.6 Å². The smallest absolute Gasteiger partial charge is 0.244 e. The molecule has 1 atom stereocenters. The fourth-order valence-corrected chi connectivity index (χ4v) is 3.86. The Labute approximate surface area is 165 Å². The van der Waals surface area contributed by atoms with Crippen LogP contribution in [-0.4, -0.2) is 38.7 Å². The van der Waals surface area contributed by atoms with Gasteiger partial charge in [-0.25, -0.2) is 4.98 Å². The molecule has 28 heavy (non-hydrogen) atoms. The maximum atomic E-state index is 12.8. The molecule has 6 heteroatoms. The van der Waals surface area contributed by atoms with Crippen LogP contribution in [0.4, 0.5) is 0 Å². The second-order valence-corrected chi connectivity index (χ2v) is 7.59. The van der Waals surface area contributed by atoms with Gasteiger partial charge in [0.25, 0.3) is 0 Å². The molecule has 146 valence electrons. The average Bonchev–Trinajstić information content (AvgIpc) is 3.29. The van der Waals surface area contributed by atoms with E-state index in [-0.39, 0.29) is 18.4 Å². The number of carbonyl (C=O) groups excluding carboxylic acids is 1. The van der Waals surface area contributed by atoms with Crippen LogP contribution >= 0.6 is 0 Å². The summed E-state index contributed by atoms with van der Waals surface area (Å²) in [5, 5.41) is 4.40. The number of benzene rings is 1. The van der Waals surface area contributed by atoms with E-state index in [1.165, 1.54) is 5.56 Å². The van der Waals surface area contributed by atoms with Gasteiger partial charge in [0.05, 0.1) is 17.8 Å². The molecule has 3 heterocycles. The van der Waals surface area contributed by atoms with Crippen molar-refractivity contribution < 1.29 is 9.21 Å². The summed E-state index contributed by atoms with van der Waals surface area (Å²) in [7, 11) is 0. The Balaban J connectivity index is 1.39. The van der Waals surface area contributed by atoms with Crippen LogP contribution in [0.3, 0.4) is 0 Å². The molecular formula is C22H26N4O2. The van der Waals surface area contributed by atoms with E-state index >= 15 is 0 Å². The first-order valence-electron chi connectivity index (χ1n) is 9.86. The molecule has 0 bridgehead atoms. The molecule has 1 aromatic carbocycles. The minimum absolute atomic E-state index is 0.104. The number of aromatic nitrogens is 3. The number of rotatable bonds is 5. The first-order valence-corrected chi connectivity index (χ1v) is 9.86. The highest BCUT2D eigenvalue weighted by atomic mass is 16.4. The Kier molecular flexibility index (Phi) is 5.28. The van der Waals surface area contributed by atoms with Crippen molar-refractivity contribution >= 4 is 5.91 Å². The topological polar surface area (TPSA) is 64.2 Å².